The number of halogens is 4. The van der Waals surface area contributed by atoms with Crippen molar-refractivity contribution in [3.63, 3.8) is 0 Å². The van der Waals surface area contributed by atoms with Crippen LogP contribution in [-0.2, 0) is 37.9 Å². The zero-order valence-electron chi connectivity index (χ0n) is 40.5. The number of carbonyl (C=O) groups is 3. The Morgan fingerprint density at radius 3 is 1.18 bits per heavy atom. The molecule has 71 heavy (non-hydrogen) atoms. The Morgan fingerprint density at radius 1 is 0.521 bits per heavy atom. The van der Waals surface area contributed by atoms with E-state index >= 15 is 0 Å². The largest absolute Gasteiger partial charge is 0.494 e. The SMILES string of the molecule is COC(=O)C(c1ccc(-c2ncc(C)cn2)cc1)c1ccccc1F.COC(=O)C(c1ccc(B2OC(C)(C)C(C)(C)O2)cc1)c1ccccc1F.COC(=O)C(c1ccc(Br)cc1)c1ccccc1F. The highest BCUT2D eigenvalue weighted by Gasteiger charge is 2.51. The van der Waals surface area contributed by atoms with Crippen molar-refractivity contribution in [2.45, 2.75) is 63.6 Å². The Morgan fingerprint density at radius 2 is 0.845 bits per heavy atom. The summed E-state index contributed by atoms with van der Waals surface area (Å²) < 4.78 is 69.9. The highest BCUT2D eigenvalue weighted by molar-refractivity contribution is 9.10. The molecule has 1 saturated heterocycles. The number of hydrogen-bond acceptors (Lipinski definition) is 10. The number of esters is 3. The third-order valence-corrected chi connectivity index (χ3v) is 12.8. The summed E-state index contributed by atoms with van der Waals surface area (Å²) in [5.41, 5.74) is 4.65. The van der Waals surface area contributed by atoms with E-state index in [1.165, 1.54) is 39.5 Å². The molecule has 1 aliphatic rings. The van der Waals surface area contributed by atoms with Gasteiger partial charge in [0.05, 0.1) is 32.5 Å². The second kappa shape index (κ2) is 23.8. The van der Waals surface area contributed by atoms with Gasteiger partial charge in [-0.3, -0.25) is 14.4 Å². The zero-order valence-corrected chi connectivity index (χ0v) is 42.1. The van der Waals surface area contributed by atoms with Crippen LogP contribution < -0.4 is 5.46 Å². The predicted molar refractivity (Wildman–Crippen MR) is 269 cm³/mol. The fourth-order valence-corrected chi connectivity index (χ4v) is 7.92. The Balaban J connectivity index is 0.000000177. The van der Waals surface area contributed by atoms with Crippen LogP contribution in [0, 0.1) is 24.4 Å². The lowest BCUT2D eigenvalue weighted by Crippen LogP contribution is -2.41. The molecule has 0 N–H and O–H groups in total. The van der Waals surface area contributed by atoms with Crippen LogP contribution in [0.5, 0.6) is 0 Å². The number of nitrogens with zero attached hydrogens (tertiary/aromatic N) is 2. The first kappa shape index (κ1) is 53.4. The van der Waals surface area contributed by atoms with Gasteiger partial charge in [-0.05, 0) is 92.7 Å². The van der Waals surface area contributed by atoms with Crippen molar-refractivity contribution in [3.8, 4) is 11.4 Å². The van der Waals surface area contributed by atoms with E-state index < -0.39 is 71.4 Å². The lowest BCUT2D eigenvalue weighted by molar-refractivity contribution is -0.142. The third-order valence-electron chi connectivity index (χ3n) is 12.2. The van der Waals surface area contributed by atoms with Gasteiger partial charge in [0.25, 0.3) is 0 Å². The van der Waals surface area contributed by atoms with Gasteiger partial charge >= 0.3 is 25.0 Å². The lowest BCUT2D eigenvalue weighted by atomic mass is 9.78. The first-order valence-electron chi connectivity index (χ1n) is 22.5. The molecular weight excluding hydrogens is 976 g/mol. The number of carbonyl (C=O) groups excluding carboxylic acids is 3. The van der Waals surface area contributed by atoms with Gasteiger partial charge in [-0.2, -0.15) is 0 Å². The second-order valence-corrected chi connectivity index (χ2v) is 18.4. The summed E-state index contributed by atoms with van der Waals surface area (Å²) in [6, 6.07) is 40.3. The van der Waals surface area contributed by atoms with Crippen LogP contribution in [-0.4, -0.2) is 67.5 Å². The molecule has 7 aromatic rings. The summed E-state index contributed by atoms with van der Waals surface area (Å²) in [7, 11) is 3.41. The summed E-state index contributed by atoms with van der Waals surface area (Å²) in [6.07, 6.45) is 3.49. The van der Waals surface area contributed by atoms with E-state index in [0.29, 0.717) is 28.1 Å². The molecule has 3 atom stereocenters. The van der Waals surface area contributed by atoms with Crippen molar-refractivity contribution in [2.24, 2.45) is 0 Å². The number of methoxy groups -OCH3 is 3. The number of benzene rings is 6. The average Bonchev–Trinajstić information content (AvgIpc) is 3.60. The number of ether oxygens (including phenoxy) is 3. The van der Waals surface area contributed by atoms with E-state index in [-0.39, 0.29) is 11.1 Å². The summed E-state index contributed by atoms with van der Waals surface area (Å²) >= 11 is 3.33. The monoisotopic (exact) mass is 1030 g/mol. The molecule has 1 aliphatic heterocycles. The minimum absolute atomic E-state index is 0.285. The fourth-order valence-electron chi connectivity index (χ4n) is 7.66. The lowest BCUT2D eigenvalue weighted by Gasteiger charge is -2.32. The molecule has 0 spiro atoms. The predicted octanol–water partition coefficient (Wildman–Crippen LogP) is 11.2. The Bertz CT molecular complexity index is 2910. The number of hydrogen-bond donors (Lipinski definition) is 0. The number of aromatic nitrogens is 2. The second-order valence-electron chi connectivity index (χ2n) is 17.4. The molecule has 0 amide bonds. The summed E-state index contributed by atoms with van der Waals surface area (Å²) in [5, 5.41) is 0. The minimum Gasteiger partial charge on any atom is -0.468 e. The molecule has 0 radical (unpaired) electrons. The smallest absolute Gasteiger partial charge is 0.468 e. The van der Waals surface area contributed by atoms with Crippen LogP contribution in [0.2, 0.25) is 0 Å². The van der Waals surface area contributed by atoms with E-state index in [0.717, 1.165) is 21.1 Å². The molecule has 3 unspecified atom stereocenters. The van der Waals surface area contributed by atoms with Gasteiger partial charge in [0.2, 0.25) is 0 Å². The number of rotatable bonds is 11. The Hall–Kier alpha value is -6.94. The highest BCUT2D eigenvalue weighted by atomic mass is 79.9. The van der Waals surface area contributed by atoms with Crippen LogP contribution in [0.15, 0.2) is 162 Å². The third kappa shape index (κ3) is 12.9. The Kier molecular flexibility index (Phi) is 17.9. The molecule has 0 aliphatic carbocycles. The van der Waals surface area contributed by atoms with Crippen molar-refractivity contribution in [1.29, 1.82) is 0 Å². The van der Waals surface area contributed by atoms with Gasteiger partial charge in [-0.15, -0.1) is 0 Å². The van der Waals surface area contributed by atoms with Gasteiger partial charge in [-0.25, -0.2) is 23.1 Å². The van der Waals surface area contributed by atoms with Crippen molar-refractivity contribution < 1.29 is 51.1 Å². The van der Waals surface area contributed by atoms with Gasteiger partial charge < -0.3 is 23.5 Å². The quantitative estimate of drug-likeness (QED) is 0.0703. The summed E-state index contributed by atoms with van der Waals surface area (Å²) in [5.74, 6) is -4.60. The van der Waals surface area contributed by atoms with Crippen molar-refractivity contribution in [1.82, 2.24) is 9.97 Å². The maximum absolute atomic E-state index is 14.3. The molecule has 8 rings (SSSR count). The van der Waals surface area contributed by atoms with Crippen LogP contribution in [0.25, 0.3) is 11.4 Å². The maximum Gasteiger partial charge on any atom is 0.494 e. The van der Waals surface area contributed by atoms with E-state index in [9.17, 15) is 27.6 Å². The van der Waals surface area contributed by atoms with Gasteiger partial charge in [-0.1, -0.05) is 131 Å². The molecule has 15 heteroatoms. The molecule has 1 aromatic heterocycles. The van der Waals surface area contributed by atoms with E-state index in [1.807, 2.05) is 71.0 Å². The number of aryl methyl sites for hydroxylation is 1. The van der Waals surface area contributed by atoms with Gasteiger partial charge in [0, 0.05) is 39.1 Å². The molecule has 366 valence electrons. The van der Waals surface area contributed by atoms with Crippen molar-refractivity contribution in [3.05, 3.63) is 219 Å². The summed E-state index contributed by atoms with van der Waals surface area (Å²) in [6.45, 7) is 9.89. The Labute approximate surface area is 420 Å². The normalized spacial score (nSPS) is 14.6. The first-order chi connectivity index (χ1) is 33.9. The van der Waals surface area contributed by atoms with Gasteiger partial charge in [0.15, 0.2) is 5.82 Å². The molecule has 0 saturated carbocycles. The van der Waals surface area contributed by atoms with Crippen molar-refractivity contribution >= 4 is 46.4 Å². The molecule has 2 heterocycles. The van der Waals surface area contributed by atoms with Crippen LogP contribution in [0.4, 0.5) is 13.2 Å². The van der Waals surface area contributed by atoms with E-state index in [2.05, 4.69) is 25.9 Å². The fraction of sp³-hybridized carbons (Fsp3) is 0.232. The van der Waals surface area contributed by atoms with Crippen LogP contribution in [0.1, 0.15) is 84.4 Å². The van der Waals surface area contributed by atoms with Crippen LogP contribution >= 0.6 is 15.9 Å². The standard InChI is InChI=1S/C21H24BFO4.C20H17FN2O2.C15H12BrFO2/c1-20(2)21(3,4)27-22(26-20)15-12-10-14(11-13-15)18(19(24)25-5)16-8-6-7-9-17(16)23;1-13-11-22-19(23-12-13)15-9-7-14(8-10-15)18(20(24)25-2)16-5-3-4-6-17(16)21;1-19-15(18)14(10-6-8-11(16)9-7-10)12-4-2-3-5-13(12)17/h6-13,18H,1-5H3;3-12,18H,1-2H3;2-9,14H,1H3. The maximum atomic E-state index is 14.3. The minimum atomic E-state index is -0.830. The molecule has 10 nitrogen and oxygen atoms in total. The molecule has 1 fully saturated rings. The van der Waals surface area contributed by atoms with E-state index in [4.69, 9.17) is 23.5 Å². The zero-order chi connectivity index (χ0) is 51.5. The molecular formula is C56H53BBrF3N2O8. The summed E-state index contributed by atoms with van der Waals surface area (Å²) in [4.78, 5) is 45.1. The van der Waals surface area contributed by atoms with Gasteiger partial charge in [0.1, 0.15) is 35.2 Å². The molecule has 6 aromatic carbocycles. The average molecular weight is 1030 g/mol. The first-order valence-corrected chi connectivity index (χ1v) is 23.3. The highest BCUT2D eigenvalue weighted by Crippen LogP contribution is 2.37. The topological polar surface area (TPSA) is 123 Å². The van der Waals surface area contributed by atoms with Crippen LogP contribution in [0.3, 0.4) is 0 Å². The van der Waals surface area contributed by atoms with E-state index in [1.54, 1.807) is 103 Å². The molecule has 0 bridgehead atoms. The van der Waals surface area contributed by atoms with Crippen molar-refractivity contribution in [2.75, 3.05) is 21.3 Å².